The van der Waals surface area contributed by atoms with Crippen molar-refractivity contribution >= 4 is 28.7 Å². The third kappa shape index (κ3) is 2.75. The number of phenolic OH excluding ortho intramolecular Hbond substituents is 1. The minimum absolute atomic E-state index is 0.0198. The summed E-state index contributed by atoms with van der Waals surface area (Å²) >= 11 is 2.05. The molecule has 14 heavy (non-hydrogen) atoms. The summed E-state index contributed by atoms with van der Waals surface area (Å²) in [5.74, 6) is 0.123. The van der Waals surface area contributed by atoms with Gasteiger partial charge in [-0.3, -0.25) is 0 Å². The van der Waals surface area contributed by atoms with Gasteiger partial charge in [-0.1, -0.05) is 0 Å². The summed E-state index contributed by atoms with van der Waals surface area (Å²) in [6.45, 7) is 0. The van der Waals surface area contributed by atoms with E-state index in [9.17, 15) is 5.11 Å². The molecule has 0 atom stereocenters. The Bertz CT molecular complexity index is 430. The van der Waals surface area contributed by atoms with Gasteiger partial charge in [0.2, 0.25) is 0 Å². The Morgan fingerprint density at radius 1 is 1.29 bits per heavy atom. The smallest absolute Gasteiger partial charge is 0.130 e. The fourth-order valence-electron chi connectivity index (χ4n) is 0.936. The topological polar surface area (TPSA) is 67.8 Å². The number of hydrogen-bond donors (Lipinski definition) is 1. The molecule has 0 fully saturated rings. The zero-order valence-corrected chi connectivity index (χ0v) is 9.19. The molecular weight excluding hydrogens is 291 g/mol. The summed E-state index contributed by atoms with van der Waals surface area (Å²) in [6, 6.07) is 8.37. The zero-order chi connectivity index (χ0) is 10.6. The Kier molecular flexibility index (Phi) is 3.49. The van der Waals surface area contributed by atoms with Crippen molar-refractivity contribution in [3.8, 4) is 17.9 Å². The molecule has 0 radical (unpaired) electrons. The minimum Gasteiger partial charge on any atom is -0.508 e. The van der Waals surface area contributed by atoms with Gasteiger partial charge in [-0.2, -0.15) is 10.5 Å². The molecule has 0 heterocycles. The van der Waals surface area contributed by atoms with Gasteiger partial charge < -0.3 is 5.11 Å². The molecule has 0 spiro atoms. The second-order valence-electron chi connectivity index (χ2n) is 2.52. The molecule has 68 valence electrons. The van der Waals surface area contributed by atoms with Crippen LogP contribution in [0, 0.1) is 26.2 Å². The fourth-order valence-corrected chi connectivity index (χ4v) is 1.61. The van der Waals surface area contributed by atoms with Gasteiger partial charge in [0, 0.05) is 3.57 Å². The Labute approximate surface area is 95.0 Å². The van der Waals surface area contributed by atoms with Crippen LogP contribution >= 0.6 is 22.6 Å². The first-order valence-electron chi connectivity index (χ1n) is 3.67. The molecule has 0 unspecified atom stereocenters. The van der Waals surface area contributed by atoms with Crippen LogP contribution in [0.15, 0.2) is 23.8 Å². The highest BCUT2D eigenvalue weighted by molar-refractivity contribution is 14.1. The van der Waals surface area contributed by atoms with Crippen LogP contribution in [0.4, 0.5) is 0 Å². The number of aromatic hydroxyl groups is 1. The number of allylic oxidation sites excluding steroid dienone is 1. The molecule has 0 aliphatic carbocycles. The maximum Gasteiger partial charge on any atom is 0.130 e. The molecule has 0 aliphatic rings. The summed E-state index contributed by atoms with van der Waals surface area (Å²) in [5.41, 5.74) is 0.666. The van der Waals surface area contributed by atoms with E-state index in [4.69, 9.17) is 10.5 Å². The lowest BCUT2D eigenvalue weighted by molar-refractivity contribution is 0.475. The highest BCUT2D eigenvalue weighted by atomic mass is 127. The standard InChI is InChI=1S/C10H5IN2O/c11-9-2-7(3-10(14)4-9)1-8(5-12)6-13/h1-4,14H. The van der Waals surface area contributed by atoms with Crippen LogP contribution in [0.25, 0.3) is 6.08 Å². The van der Waals surface area contributed by atoms with Gasteiger partial charge in [0.15, 0.2) is 0 Å². The SMILES string of the molecule is N#CC(C#N)=Cc1cc(O)cc(I)c1. The third-order valence-electron chi connectivity index (χ3n) is 1.46. The van der Waals surface area contributed by atoms with Gasteiger partial charge in [0.25, 0.3) is 0 Å². The second-order valence-corrected chi connectivity index (χ2v) is 3.77. The summed E-state index contributed by atoms with van der Waals surface area (Å²) in [4.78, 5) is 0. The number of halogens is 1. The lowest BCUT2D eigenvalue weighted by Crippen LogP contribution is -1.78. The van der Waals surface area contributed by atoms with Crippen molar-refractivity contribution in [1.82, 2.24) is 0 Å². The Balaban J connectivity index is 3.17. The lowest BCUT2D eigenvalue weighted by atomic mass is 10.1. The molecule has 1 aromatic carbocycles. The monoisotopic (exact) mass is 296 g/mol. The molecule has 0 aliphatic heterocycles. The summed E-state index contributed by atoms with van der Waals surface area (Å²) < 4.78 is 0.851. The first-order chi connectivity index (χ1) is 6.65. The van der Waals surface area contributed by atoms with Crippen LogP contribution in [0.2, 0.25) is 0 Å². The van der Waals surface area contributed by atoms with Gasteiger partial charge in [-0.15, -0.1) is 0 Å². The van der Waals surface area contributed by atoms with Crippen LogP contribution in [0.3, 0.4) is 0 Å². The molecule has 0 saturated heterocycles. The lowest BCUT2D eigenvalue weighted by Gasteiger charge is -1.97. The highest BCUT2D eigenvalue weighted by Crippen LogP contribution is 2.19. The van der Waals surface area contributed by atoms with E-state index in [0.717, 1.165) is 3.57 Å². The van der Waals surface area contributed by atoms with E-state index in [1.165, 1.54) is 12.1 Å². The van der Waals surface area contributed by atoms with Gasteiger partial charge in [-0.05, 0) is 52.4 Å². The number of benzene rings is 1. The highest BCUT2D eigenvalue weighted by Gasteiger charge is 1.98. The van der Waals surface area contributed by atoms with E-state index in [1.807, 2.05) is 22.6 Å². The molecule has 1 aromatic rings. The Morgan fingerprint density at radius 2 is 1.93 bits per heavy atom. The Morgan fingerprint density at radius 3 is 2.43 bits per heavy atom. The van der Waals surface area contributed by atoms with E-state index < -0.39 is 0 Å². The molecule has 1 rings (SSSR count). The quantitative estimate of drug-likeness (QED) is 0.639. The minimum atomic E-state index is 0.0198. The fraction of sp³-hybridized carbons (Fsp3) is 0. The van der Waals surface area contributed by atoms with E-state index in [1.54, 1.807) is 24.3 Å². The predicted octanol–water partition coefficient (Wildman–Crippen LogP) is 2.43. The largest absolute Gasteiger partial charge is 0.508 e. The normalized spacial score (nSPS) is 8.50. The van der Waals surface area contributed by atoms with Crippen molar-refractivity contribution in [2.45, 2.75) is 0 Å². The van der Waals surface area contributed by atoms with E-state index in [0.29, 0.717) is 5.56 Å². The molecule has 0 bridgehead atoms. The van der Waals surface area contributed by atoms with Gasteiger partial charge in [0.1, 0.15) is 23.5 Å². The van der Waals surface area contributed by atoms with Gasteiger partial charge >= 0.3 is 0 Å². The molecule has 3 nitrogen and oxygen atoms in total. The molecule has 0 saturated carbocycles. The van der Waals surface area contributed by atoms with E-state index in [2.05, 4.69) is 0 Å². The average Bonchev–Trinajstić information content (AvgIpc) is 2.12. The zero-order valence-electron chi connectivity index (χ0n) is 7.03. The van der Waals surface area contributed by atoms with Crippen LogP contribution in [-0.4, -0.2) is 5.11 Å². The maximum atomic E-state index is 9.25. The average molecular weight is 296 g/mol. The number of nitriles is 2. The molecule has 0 amide bonds. The second kappa shape index (κ2) is 4.64. The molecule has 0 aromatic heterocycles. The van der Waals surface area contributed by atoms with Crippen molar-refractivity contribution < 1.29 is 5.11 Å². The van der Waals surface area contributed by atoms with Crippen LogP contribution in [0.5, 0.6) is 5.75 Å². The number of phenols is 1. The Hall–Kier alpha value is -1.53. The van der Waals surface area contributed by atoms with Gasteiger partial charge in [0.05, 0.1) is 0 Å². The summed E-state index contributed by atoms with van der Waals surface area (Å²) in [6.07, 6.45) is 1.43. The van der Waals surface area contributed by atoms with Gasteiger partial charge in [-0.25, -0.2) is 0 Å². The summed E-state index contributed by atoms with van der Waals surface area (Å²) in [5, 5.41) is 26.3. The first-order valence-corrected chi connectivity index (χ1v) is 4.75. The number of nitrogens with zero attached hydrogens (tertiary/aromatic N) is 2. The number of rotatable bonds is 1. The number of hydrogen-bond acceptors (Lipinski definition) is 3. The van der Waals surface area contributed by atoms with Crippen molar-refractivity contribution in [2.75, 3.05) is 0 Å². The summed E-state index contributed by atoms with van der Waals surface area (Å²) in [7, 11) is 0. The van der Waals surface area contributed by atoms with Crippen LogP contribution in [-0.2, 0) is 0 Å². The van der Waals surface area contributed by atoms with Crippen LogP contribution in [0.1, 0.15) is 5.56 Å². The van der Waals surface area contributed by atoms with Crippen molar-refractivity contribution in [2.24, 2.45) is 0 Å². The molecule has 4 heteroatoms. The van der Waals surface area contributed by atoms with Crippen molar-refractivity contribution in [3.05, 3.63) is 32.9 Å². The van der Waals surface area contributed by atoms with E-state index >= 15 is 0 Å². The third-order valence-corrected chi connectivity index (χ3v) is 2.08. The van der Waals surface area contributed by atoms with Crippen molar-refractivity contribution in [1.29, 1.82) is 10.5 Å². The van der Waals surface area contributed by atoms with Crippen LogP contribution < -0.4 is 0 Å². The first kappa shape index (κ1) is 10.6. The van der Waals surface area contributed by atoms with Crippen molar-refractivity contribution in [3.63, 3.8) is 0 Å². The maximum absolute atomic E-state index is 9.25. The predicted molar refractivity (Wildman–Crippen MR) is 60.0 cm³/mol. The molecular formula is C10H5IN2O. The molecule has 1 N–H and O–H groups in total. The van der Waals surface area contributed by atoms with E-state index in [-0.39, 0.29) is 11.3 Å².